The average molecular weight is 338 g/mol. The molecule has 0 spiro atoms. The fraction of sp³-hybridized carbons (Fsp3) is 0.588. The fourth-order valence-corrected chi connectivity index (χ4v) is 4.05. The van der Waals surface area contributed by atoms with Gasteiger partial charge in [0.1, 0.15) is 0 Å². The molecule has 128 valence electrons. The summed E-state index contributed by atoms with van der Waals surface area (Å²) in [5.41, 5.74) is 1.59. The Bertz CT molecular complexity index is 644. The first kappa shape index (κ1) is 17.8. The maximum atomic E-state index is 12.7. The van der Waals surface area contributed by atoms with Crippen LogP contribution < -0.4 is 4.90 Å². The van der Waals surface area contributed by atoms with Crippen molar-refractivity contribution in [2.45, 2.75) is 33.2 Å². The minimum Gasteiger partial charge on any atom is -0.369 e. The van der Waals surface area contributed by atoms with Crippen LogP contribution in [-0.2, 0) is 9.84 Å². The molecule has 1 aromatic carbocycles. The number of hydrogen-bond donors (Lipinski definition) is 0. The summed E-state index contributed by atoms with van der Waals surface area (Å²) in [7, 11) is -2.90. The van der Waals surface area contributed by atoms with Gasteiger partial charge >= 0.3 is 0 Å². The molecule has 0 aliphatic carbocycles. The third-order valence-electron chi connectivity index (χ3n) is 4.53. The second-order valence-corrected chi connectivity index (χ2v) is 8.34. The Balaban J connectivity index is 2.18. The average Bonchev–Trinajstić information content (AvgIpc) is 2.55. The molecular formula is C17H26N2O3S. The summed E-state index contributed by atoms with van der Waals surface area (Å²) in [6, 6.07) is 7.73. The zero-order valence-electron chi connectivity index (χ0n) is 14.2. The molecule has 0 saturated carbocycles. The molecule has 1 atom stereocenters. The lowest BCUT2D eigenvalue weighted by atomic mass is 10.1. The van der Waals surface area contributed by atoms with E-state index in [1.54, 1.807) is 0 Å². The molecule has 0 N–H and O–H groups in total. The molecule has 1 aliphatic heterocycles. The summed E-state index contributed by atoms with van der Waals surface area (Å²) >= 11 is 0. The number of benzene rings is 1. The Kier molecular flexibility index (Phi) is 5.68. The first-order valence-electron chi connectivity index (χ1n) is 8.24. The number of amides is 1. The molecule has 1 aromatic rings. The molecule has 23 heavy (non-hydrogen) atoms. The summed E-state index contributed by atoms with van der Waals surface area (Å²) in [5.74, 6) is 0.395. The van der Waals surface area contributed by atoms with E-state index in [1.807, 2.05) is 41.0 Å². The first-order valence-corrected chi connectivity index (χ1v) is 10.1. The van der Waals surface area contributed by atoms with E-state index in [9.17, 15) is 13.2 Å². The van der Waals surface area contributed by atoms with Gasteiger partial charge in [-0.25, -0.2) is 8.42 Å². The van der Waals surface area contributed by atoms with Gasteiger partial charge in [0.15, 0.2) is 9.84 Å². The predicted octanol–water partition coefficient (Wildman–Crippen LogP) is 2.18. The summed E-state index contributed by atoms with van der Waals surface area (Å²) < 4.78 is 23.1. The third-order valence-corrected chi connectivity index (χ3v) is 6.14. The van der Waals surface area contributed by atoms with Crippen molar-refractivity contribution < 1.29 is 13.2 Å². The standard InChI is InChI=1S/C17H26N2O3S/c1-4-14(3)19(5-2)17(20)15-7-6-8-16(13-15)18-9-11-23(21,22)12-10-18/h6-8,13-14H,4-5,9-12H2,1-3H3/t14-/m0/s1. The van der Waals surface area contributed by atoms with Crippen molar-refractivity contribution >= 4 is 21.4 Å². The predicted molar refractivity (Wildman–Crippen MR) is 93.8 cm³/mol. The van der Waals surface area contributed by atoms with Gasteiger partial charge in [0.05, 0.1) is 11.5 Å². The molecule has 0 unspecified atom stereocenters. The van der Waals surface area contributed by atoms with E-state index in [-0.39, 0.29) is 23.5 Å². The van der Waals surface area contributed by atoms with Crippen molar-refractivity contribution in [2.75, 3.05) is 36.0 Å². The summed E-state index contributed by atoms with van der Waals surface area (Å²) in [6.07, 6.45) is 0.920. The molecular weight excluding hydrogens is 312 g/mol. The SMILES string of the molecule is CC[C@H](C)N(CC)C(=O)c1cccc(N2CCS(=O)(=O)CC2)c1. The first-order chi connectivity index (χ1) is 10.9. The van der Waals surface area contributed by atoms with Crippen molar-refractivity contribution in [1.29, 1.82) is 0 Å². The van der Waals surface area contributed by atoms with E-state index in [4.69, 9.17) is 0 Å². The molecule has 6 heteroatoms. The minimum atomic E-state index is -2.90. The molecule has 5 nitrogen and oxygen atoms in total. The number of sulfone groups is 1. The van der Waals surface area contributed by atoms with Crippen molar-refractivity contribution in [3.8, 4) is 0 Å². The number of carbonyl (C=O) groups is 1. The van der Waals surface area contributed by atoms with Crippen LogP contribution in [0.2, 0.25) is 0 Å². The minimum absolute atomic E-state index is 0.0355. The maximum absolute atomic E-state index is 12.7. The molecule has 1 amide bonds. The fourth-order valence-electron chi connectivity index (χ4n) is 2.85. The highest BCUT2D eigenvalue weighted by Gasteiger charge is 2.23. The summed E-state index contributed by atoms with van der Waals surface area (Å²) in [6.45, 7) is 7.78. The van der Waals surface area contributed by atoms with Crippen molar-refractivity contribution in [3.05, 3.63) is 29.8 Å². The van der Waals surface area contributed by atoms with Crippen LogP contribution in [0.4, 0.5) is 5.69 Å². The highest BCUT2D eigenvalue weighted by atomic mass is 32.2. The Hall–Kier alpha value is -1.56. The molecule has 0 radical (unpaired) electrons. The zero-order chi connectivity index (χ0) is 17.0. The van der Waals surface area contributed by atoms with E-state index < -0.39 is 9.84 Å². The smallest absolute Gasteiger partial charge is 0.254 e. The van der Waals surface area contributed by atoms with Gasteiger partial charge in [-0.15, -0.1) is 0 Å². The van der Waals surface area contributed by atoms with Crippen LogP contribution in [-0.4, -0.2) is 56.4 Å². The number of nitrogens with zero attached hydrogens (tertiary/aromatic N) is 2. The molecule has 1 saturated heterocycles. The van der Waals surface area contributed by atoms with Crippen LogP contribution in [0, 0.1) is 0 Å². The Morgan fingerprint density at radius 1 is 1.26 bits per heavy atom. The van der Waals surface area contributed by atoms with Crippen LogP contribution >= 0.6 is 0 Å². The van der Waals surface area contributed by atoms with E-state index in [0.717, 1.165) is 12.1 Å². The van der Waals surface area contributed by atoms with Gasteiger partial charge in [-0.1, -0.05) is 13.0 Å². The highest BCUT2D eigenvalue weighted by molar-refractivity contribution is 7.91. The quantitative estimate of drug-likeness (QED) is 0.826. The van der Waals surface area contributed by atoms with Gasteiger partial charge in [-0.3, -0.25) is 4.79 Å². The molecule has 2 rings (SSSR count). The van der Waals surface area contributed by atoms with Crippen molar-refractivity contribution in [1.82, 2.24) is 4.90 Å². The Morgan fingerprint density at radius 2 is 1.91 bits per heavy atom. The number of anilines is 1. The van der Waals surface area contributed by atoms with Crippen LogP contribution in [0.25, 0.3) is 0 Å². The van der Waals surface area contributed by atoms with Gasteiger partial charge in [-0.2, -0.15) is 0 Å². The van der Waals surface area contributed by atoms with E-state index in [1.165, 1.54) is 0 Å². The number of hydrogen-bond acceptors (Lipinski definition) is 4. The normalized spacial score (nSPS) is 18.5. The summed E-state index contributed by atoms with van der Waals surface area (Å²) in [4.78, 5) is 16.6. The third kappa shape index (κ3) is 4.25. The lowest BCUT2D eigenvalue weighted by Gasteiger charge is -2.30. The van der Waals surface area contributed by atoms with Crippen LogP contribution in [0.5, 0.6) is 0 Å². The molecule has 1 heterocycles. The topological polar surface area (TPSA) is 57.7 Å². The van der Waals surface area contributed by atoms with Gasteiger partial charge < -0.3 is 9.80 Å². The number of carbonyl (C=O) groups excluding carboxylic acids is 1. The monoisotopic (exact) mass is 338 g/mol. The maximum Gasteiger partial charge on any atom is 0.254 e. The molecule has 0 bridgehead atoms. The van der Waals surface area contributed by atoms with E-state index >= 15 is 0 Å². The van der Waals surface area contributed by atoms with Gasteiger partial charge in [-0.05, 0) is 38.5 Å². The Labute approximate surface area is 139 Å². The number of rotatable bonds is 5. The summed E-state index contributed by atoms with van der Waals surface area (Å²) in [5, 5.41) is 0. The van der Waals surface area contributed by atoms with E-state index in [0.29, 0.717) is 25.2 Å². The molecule has 1 aliphatic rings. The van der Waals surface area contributed by atoms with Gasteiger partial charge in [0.25, 0.3) is 5.91 Å². The lowest BCUT2D eigenvalue weighted by Crippen LogP contribution is -2.40. The second-order valence-electron chi connectivity index (χ2n) is 6.04. The van der Waals surface area contributed by atoms with E-state index in [2.05, 4.69) is 13.8 Å². The lowest BCUT2D eigenvalue weighted by molar-refractivity contribution is 0.0700. The largest absolute Gasteiger partial charge is 0.369 e. The molecule has 0 aromatic heterocycles. The van der Waals surface area contributed by atoms with Gasteiger partial charge in [0.2, 0.25) is 0 Å². The highest BCUT2D eigenvalue weighted by Crippen LogP contribution is 2.20. The van der Waals surface area contributed by atoms with Crippen molar-refractivity contribution in [2.24, 2.45) is 0 Å². The second kappa shape index (κ2) is 7.34. The zero-order valence-corrected chi connectivity index (χ0v) is 15.0. The van der Waals surface area contributed by atoms with Crippen LogP contribution in [0.15, 0.2) is 24.3 Å². The van der Waals surface area contributed by atoms with Gasteiger partial charge in [0, 0.05) is 36.9 Å². The van der Waals surface area contributed by atoms with Crippen LogP contribution in [0.3, 0.4) is 0 Å². The molecule has 1 fully saturated rings. The Morgan fingerprint density at radius 3 is 2.48 bits per heavy atom. The van der Waals surface area contributed by atoms with Crippen molar-refractivity contribution in [3.63, 3.8) is 0 Å². The van der Waals surface area contributed by atoms with Crippen LogP contribution in [0.1, 0.15) is 37.6 Å².